The van der Waals surface area contributed by atoms with Gasteiger partial charge in [-0.15, -0.1) is 0 Å². The number of methoxy groups -OCH3 is 1. The second-order valence-electron chi connectivity index (χ2n) is 2.84. The summed E-state index contributed by atoms with van der Waals surface area (Å²) in [4.78, 5) is 2.14. The van der Waals surface area contributed by atoms with Crippen molar-refractivity contribution >= 4 is 0 Å². The highest BCUT2D eigenvalue weighted by Crippen LogP contribution is 2.12. The van der Waals surface area contributed by atoms with E-state index in [1.807, 2.05) is 14.1 Å². The molecule has 0 radical (unpaired) electrons. The predicted molar refractivity (Wildman–Crippen MR) is 39.1 cm³/mol. The van der Waals surface area contributed by atoms with Crippen molar-refractivity contribution in [3.05, 3.63) is 0 Å². The van der Waals surface area contributed by atoms with Crippen LogP contribution in [-0.2, 0) is 9.47 Å². The molecule has 0 bridgehead atoms. The van der Waals surface area contributed by atoms with E-state index < -0.39 is 0 Å². The van der Waals surface area contributed by atoms with Crippen LogP contribution in [0.25, 0.3) is 0 Å². The van der Waals surface area contributed by atoms with E-state index in [-0.39, 0.29) is 6.10 Å². The first-order chi connectivity index (χ1) is 4.75. The number of hydrogen-bond acceptors (Lipinski definition) is 3. The second kappa shape index (κ2) is 3.32. The summed E-state index contributed by atoms with van der Waals surface area (Å²) in [5, 5.41) is 0. The maximum atomic E-state index is 5.26. The Morgan fingerprint density at radius 1 is 1.40 bits per heavy atom. The zero-order chi connectivity index (χ0) is 7.56. The van der Waals surface area contributed by atoms with Gasteiger partial charge in [-0.25, -0.2) is 0 Å². The van der Waals surface area contributed by atoms with Crippen LogP contribution in [-0.4, -0.2) is 51.5 Å². The summed E-state index contributed by atoms with van der Waals surface area (Å²) < 4.78 is 10.5. The van der Waals surface area contributed by atoms with E-state index in [2.05, 4.69) is 4.90 Å². The Labute approximate surface area is 61.9 Å². The third-order valence-corrected chi connectivity index (χ3v) is 1.97. The molecule has 1 saturated heterocycles. The van der Waals surface area contributed by atoms with Gasteiger partial charge in [0, 0.05) is 7.11 Å². The molecule has 0 aromatic heterocycles. The van der Waals surface area contributed by atoms with Crippen LogP contribution in [0, 0.1) is 0 Å². The van der Waals surface area contributed by atoms with Crippen LogP contribution in [0.4, 0.5) is 0 Å². The van der Waals surface area contributed by atoms with Crippen LogP contribution < -0.4 is 0 Å². The molecule has 3 nitrogen and oxygen atoms in total. The predicted octanol–water partition coefficient (Wildman–Crippen LogP) is -0.0382. The number of nitrogens with zero attached hydrogens (tertiary/aromatic N) is 1. The van der Waals surface area contributed by atoms with Gasteiger partial charge < -0.3 is 14.4 Å². The Hall–Kier alpha value is -0.120. The fourth-order valence-electron chi connectivity index (χ4n) is 1.23. The van der Waals surface area contributed by atoms with Gasteiger partial charge in [0.05, 0.1) is 25.4 Å². The van der Waals surface area contributed by atoms with Crippen molar-refractivity contribution in [3.8, 4) is 0 Å². The number of ether oxygens (including phenoxy) is 2. The standard InChI is InChI=1S/C7H15NO2/c1-8(2)6-4-10-5-7(6)9-3/h6-7H,4-5H2,1-3H3/t6?,7-/m1/s1. The van der Waals surface area contributed by atoms with Crippen LogP contribution in [0.15, 0.2) is 0 Å². The van der Waals surface area contributed by atoms with Crippen molar-refractivity contribution < 1.29 is 9.47 Å². The zero-order valence-electron chi connectivity index (χ0n) is 6.83. The van der Waals surface area contributed by atoms with E-state index >= 15 is 0 Å². The molecule has 0 aromatic rings. The highest BCUT2D eigenvalue weighted by atomic mass is 16.5. The SMILES string of the molecule is CO[C@@H]1COCC1N(C)C. The molecule has 1 unspecified atom stereocenters. The van der Waals surface area contributed by atoms with Crippen molar-refractivity contribution in [2.75, 3.05) is 34.4 Å². The average Bonchev–Trinajstić information content (AvgIpc) is 2.33. The molecule has 60 valence electrons. The Balaban J connectivity index is 2.42. The molecule has 0 saturated carbocycles. The van der Waals surface area contributed by atoms with Crippen molar-refractivity contribution in [2.45, 2.75) is 12.1 Å². The molecule has 1 rings (SSSR count). The lowest BCUT2D eigenvalue weighted by atomic mass is 10.2. The minimum atomic E-state index is 0.259. The second-order valence-corrected chi connectivity index (χ2v) is 2.84. The zero-order valence-corrected chi connectivity index (χ0v) is 6.83. The number of rotatable bonds is 2. The van der Waals surface area contributed by atoms with Crippen molar-refractivity contribution in [1.82, 2.24) is 4.90 Å². The Kier molecular flexibility index (Phi) is 2.65. The largest absolute Gasteiger partial charge is 0.377 e. The lowest BCUT2D eigenvalue weighted by Gasteiger charge is -2.22. The van der Waals surface area contributed by atoms with Crippen molar-refractivity contribution in [1.29, 1.82) is 0 Å². The molecule has 1 aliphatic rings. The van der Waals surface area contributed by atoms with Gasteiger partial charge in [-0.05, 0) is 14.1 Å². The molecule has 1 fully saturated rings. The minimum absolute atomic E-state index is 0.259. The Bertz CT molecular complexity index is 106. The van der Waals surface area contributed by atoms with E-state index in [0.717, 1.165) is 13.2 Å². The first-order valence-corrected chi connectivity index (χ1v) is 3.52. The van der Waals surface area contributed by atoms with E-state index in [1.54, 1.807) is 7.11 Å². The third kappa shape index (κ3) is 1.48. The van der Waals surface area contributed by atoms with Crippen LogP contribution in [0.2, 0.25) is 0 Å². The molecule has 3 heteroatoms. The molecular formula is C7H15NO2. The fourth-order valence-corrected chi connectivity index (χ4v) is 1.23. The van der Waals surface area contributed by atoms with E-state index in [9.17, 15) is 0 Å². The minimum Gasteiger partial charge on any atom is -0.377 e. The fraction of sp³-hybridized carbons (Fsp3) is 1.00. The summed E-state index contributed by atoms with van der Waals surface area (Å²) in [6.07, 6.45) is 0.259. The molecular weight excluding hydrogens is 130 g/mol. The Morgan fingerprint density at radius 3 is 2.50 bits per heavy atom. The van der Waals surface area contributed by atoms with Gasteiger partial charge >= 0.3 is 0 Å². The molecule has 0 amide bonds. The highest BCUT2D eigenvalue weighted by molar-refractivity contribution is 4.81. The van der Waals surface area contributed by atoms with E-state index in [1.165, 1.54) is 0 Å². The summed E-state index contributed by atoms with van der Waals surface area (Å²) in [5.41, 5.74) is 0. The lowest BCUT2D eigenvalue weighted by molar-refractivity contribution is 0.0553. The van der Waals surface area contributed by atoms with Gasteiger partial charge in [0.1, 0.15) is 0 Å². The molecule has 1 aliphatic heterocycles. The number of hydrogen-bond donors (Lipinski definition) is 0. The van der Waals surface area contributed by atoms with Crippen LogP contribution >= 0.6 is 0 Å². The molecule has 2 atom stereocenters. The van der Waals surface area contributed by atoms with Gasteiger partial charge in [0.25, 0.3) is 0 Å². The van der Waals surface area contributed by atoms with Gasteiger partial charge in [-0.3, -0.25) is 0 Å². The summed E-state index contributed by atoms with van der Waals surface area (Å²) in [7, 11) is 5.83. The van der Waals surface area contributed by atoms with E-state index in [0.29, 0.717) is 6.04 Å². The molecule has 0 aliphatic carbocycles. The van der Waals surface area contributed by atoms with Gasteiger partial charge in [-0.2, -0.15) is 0 Å². The smallest absolute Gasteiger partial charge is 0.0981 e. The summed E-state index contributed by atoms with van der Waals surface area (Å²) in [6, 6.07) is 0.435. The third-order valence-electron chi connectivity index (χ3n) is 1.97. The molecule has 10 heavy (non-hydrogen) atoms. The van der Waals surface area contributed by atoms with Gasteiger partial charge in [0.2, 0.25) is 0 Å². The summed E-state index contributed by atoms with van der Waals surface area (Å²) in [6.45, 7) is 1.53. The summed E-state index contributed by atoms with van der Waals surface area (Å²) >= 11 is 0. The van der Waals surface area contributed by atoms with E-state index in [4.69, 9.17) is 9.47 Å². The van der Waals surface area contributed by atoms with Crippen LogP contribution in [0.1, 0.15) is 0 Å². The molecule has 0 N–H and O–H groups in total. The molecule has 0 aromatic carbocycles. The first-order valence-electron chi connectivity index (χ1n) is 3.52. The summed E-state index contributed by atoms with van der Waals surface area (Å²) in [5.74, 6) is 0. The van der Waals surface area contributed by atoms with Crippen LogP contribution in [0.5, 0.6) is 0 Å². The molecule has 1 heterocycles. The average molecular weight is 145 g/mol. The van der Waals surface area contributed by atoms with Crippen molar-refractivity contribution in [2.24, 2.45) is 0 Å². The highest BCUT2D eigenvalue weighted by Gasteiger charge is 2.29. The monoisotopic (exact) mass is 145 g/mol. The quantitative estimate of drug-likeness (QED) is 0.544. The molecule has 0 spiro atoms. The Morgan fingerprint density at radius 2 is 2.10 bits per heavy atom. The van der Waals surface area contributed by atoms with Gasteiger partial charge in [0.15, 0.2) is 0 Å². The maximum Gasteiger partial charge on any atom is 0.0981 e. The maximum absolute atomic E-state index is 5.26. The lowest BCUT2D eigenvalue weighted by Crippen LogP contribution is -2.38. The normalized spacial score (nSPS) is 33.6. The van der Waals surface area contributed by atoms with Crippen molar-refractivity contribution in [3.63, 3.8) is 0 Å². The topological polar surface area (TPSA) is 21.7 Å². The first kappa shape index (κ1) is 7.98. The van der Waals surface area contributed by atoms with Crippen LogP contribution in [0.3, 0.4) is 0 Å². The number of likely N-dealkylation sites (N-methyl/N-ethyl adjacent to an activating group) is 1. The van der Waals surface area contributed by atoms with Gasteiger partial charge in [-0.1, -0.05) is 0 Å².